The van der Waals surface area contributed by atoms with Gasteiger partial charge in [-0.05, 0) is 64.1 Å². The quantitative estimate of drug-likeness (QED) is 0.264. The number of nitro benzene ring substituents is 1. The third-order valence-corrected chi connectivity index (χ3v) is 3.41. The maximum Gasteiger partial charge on any atom is 0.269 e. The molecule has 0 saturated heterocycles. The van der Waals surface area contributed by atoms with Gasteiger partial charge in [-0.2, -0.15) is 5.26 Å². The van der Waals surface area contributed by atoms with Gasteiger partial charge in [-0.3, -0.25) is 10.1 Å². The fraction of sp³-hybridized carbons (Fsp3) is 0. The zero-order chi connectivity index (χ0) is 14.5. The molecule has 0 N–H and O–H groups in total. The van der Waals surface area contributed by atoms with Gasteiger partial charge in [0.1, 0.15) is 0 Å². The van der Waals surface area contributed by atoms with E-state index in [1.165, 1.54) is 12.1 Å². The van der Waals surface area contributed by atoms with Crippen molar-refractivity contribution in [2.45, 2.75) is 0 Å². The average Bonchev–Trinajstić information content (AvgIpc) is 2.46. The van der Waals surface area contributed by atoms with Gasteiger partial charge in [-0.1, -0.05) is 12.1 Å². The molecule has 2 aromatic carbocycles. The lowest BCUT2D eigenvalue weighted by molar-refractivity contribution is -0.384. The molecule has 0 radical (unpaired) electrons. The summed E-state index contributed by atoms with van der Waals surface area (Å²) in [6, 6.07) is 15.9. The minimum atomic E-state index is -0.447. The molecule has 0 amide bonds. The van der Waals surface area contributed by atoms with Crippen LogP contribution in [-0.2, 0) is 0 Å². The molecule has 0 bridgehead atoms. The highest BCUT2D eigenvalue weighted by molar-refractivity contribution is 14.1. The Bertz CT molecular complexity index is 698. The maximum atomic E-state index is 10.6. The summed E-state index contributed by atoms with van der Waals surface area (Å²) in [5.41, 5.74) is 2.14. The number of hydrogen-bond donors (Lipinski definition) is 0. The van der Waals surface area contributed by atoms with E-state index in [1.54, 1.807) is 18.2 Å². The van der Waals surface area contributed by atoms with E-state index < -0.39 is 4.92 Å². The van der Waals surface area contributed by atoms with Crippen LogP contribution in [0.5, 0.6) is 0 Å². The van der Waals surface area contributed by atoms with Gasteiger partial charge < -0.3 is 0 Å². The molecule has 0 aliphatic rings. The molecule has 0 aliphatic heterocycles. The fourth-order valence-electron chi connectivity index (χ4n) is 1.67. The van der Waals surface area contributed by atoms with E-state index in [0.29, 0.717) is 5.57 Å². The summed E-state index contributed by atoms with van der Waals surface area (Å²) >= 11 is 2.20. The van der Waals surface area contributed by atoms with Crippen molar-refractivity contribution < 1.29 is 4.92 Å². The lowest BCUT2D eigenvalue weighted by Gasteiger charge is -2.00. The van der Waals surface area contributed by atoms with Crippen LogP contribution >= 0.6 is 22.6 Å². The van der Waals surface area contributed by atoms with E-state index in [9.17, 15) is 15.4 Å². The third kappa shape index (κ3) is 3.42. The van der Waals surface area contributed by atoms with E-state index >= 15 is 0 Å². The second kappa shape index (κ2) is 6.30. The van der Waals surface area contributed by atoms with Crippen molar-refractivity contribution in [1.82, 2.24) is 0 Å². The van der Waals surface area contributed by atoms with Crippen LogP contribution in [0.25, 0.3) is 11.6 Å². The molecule has 2 rings (SSSR count). The van der Waals surface area contributed by atoms with Crippen molar-refractivity contribution in [2.24, 2.45) is 0 Å². The normalized spacial score (nSPS) is 10.9. The van der Waals surface area contributed by atoms with Crippen molar-refractivity contribution in [3.63, 3.8) is 0 Å². The first-order valence-electron chi connectivity index (χ1n) is 5.72. The molecular weight excluding hydrogens is 367 g/mol. The Morgan fingerprint density at radius 2 is 1.75 bits per heavy atom. The molecule has 0 atom stereocenters. The van der Waals surface area contributed by atoms with Gasteiger partial charge in [0.2, 0.25) is 0 Å². The number of halogens is 1. The van der Waals surface area contributed by atoms with Gasteiger partial charge in [-0.15, -0.1) is 0 Å². The van der Waals surface area contributed by atoms with Crippen LogP contribution in [0.3, 0.4) is 0 Å². The number of nitrogens with zero attached hydrogens (tertiary/aromatic N) is 2. The maximum absolute atomic E-state index is 10.6. The SMILES string of the molecule is N#C/C(=C/c1ccc([N+](=O)[O-])cc1)c1ccc(I)cc1. The minimum absolute atomic E-state index is 0.0370. The average molecular weight is 376 g/mol. The Kier molecular flexibility index (Phi) is 4.48. The summed E-state index contributed by atoms with van der Waals surface area (Å²) < 4.78 is 1.10. The Balaban J connectivity index is 2.34. The van der Waals surface area contributed by atoms with E-state index in [4.69, 9.17) is 0 Å². The Morgan fingerprint density at radius 3 is 2.25 bits per heavy atom. The topological polar surface area (TPSA) is 66.9 Å². The Labute approximate surface area is 129 Å². The summed E-state index contributed by atoms with van der Waals surface area (Å²) in [7, 11) is 0. The summed E-state index contributed by atoms with van der Waals surface area (Å²) in [6.07, 6.45) is 1.71. The molecule has 98 valence electrons. The van der Waals surface area contributed by atoms with Crippen molar-refractivity contribution in [2.75, 3.05) is 0 Å². The summed E-state index contributed by atoms with van der Waals surface area (Å²) in [5.74, 6) is 0. The lowest BCUT2D eigenvalue weighted by Crippen LogP contribution is -1.87. The van der Waals surface area contributed by atoms with E-state index in [0.717, 1.165) is 14.7 Å². The highest BCUT2D eigenvalue weighted by Crippen LogP contribution is 2.20. The highest BCUT2D eigenvalue weighted by Gasteiger charge is 2.04. The van der Waals surface area contributed by atoms with Crippen molar-refractivity contribution >= 4 is 39.9 Å². The second-order valence-electron chi connectivity index (χ2n) is 4.03. The highest BCUT2D eigenvalue weighted by atomic mass is 127. The molecule has 4 nitrogen and oxygen atoms in total. The molecule has 0 aliphatic carbocycles. The van der Waals surface area contributed by atoms with Crippen LogP contribution in [0.1, 0.15) is 11.1 Å². The predicted octanol–water partition coefficient (Wildman–Crippen LogP) is 4.26. The van der Waals surface area contributed by atoms with E-state index in [2.05, 4.69) is 28.7 Å². The van der Waals surface area contributed by atoms with Crippen LogP contribution in [-0.4, -0.2) is 4.92 Å². The number of benzene rings is 2. The minimum Gasteiger partial charge on any atom is -0.258 e. The first kappa shape index (κ1) is 14.2. The number of rotatable bonds is 3. The van der Waals surface area contributed by atoms with Crippen LogP contribution in [0.15, 0.2) is 48.5 Å². The van der Waals surface area contributed by atoms with Crippen molar-refractivity contribution in [1.29, 1.82) is 5.26 Å². The number of nitriles is 1. The smallest absolute Gasteiger partial charge is 0.258 e. The number of hydrogen-bond acceptors (Lipinski definition) is 3. The van der Waals surface area contributed by atoms with Gasteiger partial charge >= 0.3 is 0 Å². The molecule has 0 aromatic heterocycles. The Hall–Kier alpha value is -2.20. The third-order valence-electron chi connectivity index (χ3n) is 2.69. The molecule has 0 fully saturated rings. The van der Waals surface area contributed by atoms with Gasteiger partial charge in [0, 0.05) is 15.7 Å². The molecule has 5 heteroatoms. The Morgan fingerprint density at radius 1 is 1.15 bits per heavy atom. The zero-order valence-electron chi connectivity index (χ0n) is 10.3. The van der Waals surface area contributed by atoms with Crippen LogP contribution in [0, 0.1) is 25.0 Å². The molecule has 0 spiro atoms. The van der Waals surface area contributed by atoms with E-state index in [1.807, 2.05) is 24.3 Å². The molecule has 0 heterocycles. The summed E-state index contributed by atoms with van der Waals surface area (Å²) in [4.78, 5) is 10.1. The van der Waals surface area contributed by atoms with Crippen molar-refractivity contribution in [3.05, 3.63) is 73.3 Å². The molecule has 0 unspecified atom stereocenters. The van der Waals surface area contributed by atoms with Gasteiger partial charge in [0.05, 0.1) is 16.6 Å². The number of non-ortho nitro benzene ring substituents is 1. The van der Waals surface area contributed by atoms with E-state index in [-0.39, 0.29) is 5.69 Å². The summed E-state index contributed by atoms with van der Waals surface area (Å²) in [6.45, 7) is 0. The first-order chi connectivity index (χ1) is 9.60. The number of allylic oxidation sites excluding steroid dienone is 1. The fourth-order valence-corrected chi connectivity index (χ4v) is 2.03. The van der Waals surface area contributed by atoms with Gasteiger partial charge in [0.15, 0.2) is 0 Å². The van der Waals surface area contributed by atoms with Gasteiger partial charge in [-0.25, -0.2) is 0 Å². The standard InChI is InChI=1S/C15H9IN2O2/c16-14-5-3-12(4-6-14)13(10-17)9-11-1-7-15(8-2-11)18(19)20/h1-9H/b13-9-. The molecule has 20 heavy (non-hydrogen) atoms. The second-order valence-corrected chi connectivity index (χ2v) is 5.27. The lowest BCUT2D eigenvalue weighted by atomic mass is 10.0. The summed E-state index contributed by atoms with van der Waals surface area (Å²) in [5, 5.41) is 19.8. The van der Waals surface area contributed by atoms with Crippen LogP contribution < -0.4 is 0 Å². The van der Waals surface area contributed by atoms with Crippen LogP contribution in [0.2, 0.25) is 0 Å². The van der Waals surface area contributed by atoms with Gasteiger partial charge in [0.25, 0.3) is 5.69 Å². The molecule has 0 saturated carbocycles. The first-order valence-corrected chi connectivity index (χ1v) is 6.80. The van der Waals surface area contributed by atoms with Crippen LogP contribution in [0.4, 0.5) is 5.69 Å². The largest absolute Gasteiger partial charge is 0.269 e. The number of nitro groups is 1. The molecular formula is C15H9IN2O2. The van der Waals surface area contributed by atoms with Crippen molar-refractivity contribution in [3.8, 4) is 6.07 Å². The predicted molar refractivity (Wildman–Crippen MR) is 85.7 cm³/mol. The molecule has 2 aromatic rings. The monoisotopic (exact) mass is 376 g/mol. The zero-order valence-corrected chi connectivity index (χ0v) is 12.4.